The number of ether oxygens (including phenoxy) is 3. The molecule has 0 radical (unpaired) electrons. The summed E-state index contributed by atoms with van der Waals surface area (Å²) in [4.78, 5) is 31.2. The van der Waals surface area contributed by atoms with Crippen LogP contribution in [0.15, 0.2) is 35.7 Å². The van der Waals surface area contributed by atoms with Crippen molar-refractivity contribution in [3.63, 3.8) is 0 Å². The minimum Gasteiger partial charge on any atom is -0.493 e. The second kappa shape index (κ2) is 14.3. The van der Waals surface area contributed by atoms with Crippen LogP contribution in [0.25, 0.3) is 0 Å². The van der Waals surface area contributed by atoms with Gasteiger partial charge in [-0.05, 0) is 55.8 Å². The van der Waals surface area contributed by atoms with Gasteiger partial charge in [0, 0.05) is 37.6 Å². The van der Waals surface area contributed by atoms with Crippen LogP contribution in [0, 0.1) is 5.41 Å². The molecule has 0 aliphatic heterocycles. The molecule has 1 heterocycles. The van der Waals surface area contributed by atoms with Crippen molar-refractivity contribution in [1.82, 2.24) is 9.80 Å². The third-order valence-corrected chi connectivity index (χ3v) is 7.23. The molecule has 0 unspecified atom stereocenters. The second-order valence-electron chi connectivity index (χ2n) is 8.92. The Bertz CT molecular complexity index is 936. The number of alkyl halides is 1. The minimum absolute atomic E-state index is 0.000174. The maximum Gasteiger partial charge on any atom is 0.242 e. The van der Waals surface area contributed by atoms with E-state index in [1.165, 1.54) is 0 Å². The molecule has 0 atom stereocenters. The Morgan fingerprint density at radius 2 is 1.77 bits per heavy atom. The van der Waals surface area contributed by atoms with Crippen molar-refractivity contribution in [2.24, 2.45) is 5.41 Å². The van der Waals surface area contributed by atoms with Crippen molar-refractivity contribution in [2.75, 3.05) is 53.5 Å². The maximum absolute atomic E-state index is 13.5. The van der Waals surface area contributed by atoms with Crippen molar-refractivity contribution in [1.29, 1.82) is 0 Å². The Morgan fingerprint density at radius 1 is 1.03 bits per heavy atom. The van der Waals surface area contributed by atoms with Crippen LogP contribution in [0.1, 0.15) is 30.7 Å². The lowest BCUT2D eigenvalue weighted by atomic mass is 9.94. The first kappa shape index (κ1) is 28.9. The summed E-state index contributed by atoms with van der Waals surface area (Å²) in [5.41, 5.74) is 0.274. The van der Waals surface area contributed by atoms with E-state index in [4.69, 9.17) is 25.8 Å². The van der Waals surface area contributed by atoms with E-state index in [1.807, 2.05) is 40.6 Å². The zero-order chi connectivity index (χ0) is 25.8. The number of hydrogen-bond donors (Lipinski definition) is 0. The molecule has 35 heavy (non-hydrogen) atoms. The number of hydrogen-bond acceptors (Lipinski definition) is 6. The predicted molar refractivity (Wildman–Crippen MR) is 141 cm³/mol. The van der Waals surface area contributed by atoms with Crippen molar-refractivity contribution < 1.29 is 23.8 Å². The normalized spacial score (nSPS) is 11.3. The van der Waals surface area contributed by atoms with Crippen LogP contribution < -0.4 is 9.47 Å². The van der Waals surface area contributed by atoms with Gasteiger partial charge in [-0.2, -0.15) is 0 Å². The number of nitrogens with zero attached hydrogens (tertiary/aromatic N) is 2. The van der Waals surface area contributed by atoms with E-state index in [1.54, 1.807) is 51.4 Å². The highest BCUT2D eigenvalue weighted by atomic mass is 35.5. The fraction of sp³-hybridized carbons (Fsp3) is 0.538. The van der Waals surface area contributed by atoms with Gasteiger partial charge in [-0.25, -0.2) is 0 Å². The third-order valence-electron chi connectivity index (χ3n) is 5.70. The van der Waals surface area contributed by atoms with Crippen LogP contribution in [-0.2, 0) is 27.3 Å². The van der Waals surface area contributed by atoms with Gasteiger partial charge in [0.25, 0.3) is 0 Å². The third kappa shape index (κ3) is 8.70. The number of carbonyl (C=O) groups excluding carboxylic acids is 2. The predicted octanol–water partition coefficient (Wildman–Crippen LogP) is 4.47. The minimum atomic E-state index is -0.757. The smallest absolute Gasteiger partial charge is 0.242 e. The zero-order valence-electron chi connectivity index (χ0n) is 21.3. The lowest BCUT2D eigenvalue weighted by Crippen LogP contribution is -2.48. The lowest BCUT2D eigenvalue weighted by Gasteiger charge is -2.32. The molecule has 9 heteroatoms. The molecule has 7 nitrogen and oxygen atoms in total. The van der Waals surface area contributed by atoms with Crippen LogP contribution in [0.3, 0.4) is 0 Å². The molecular formula is C26H37ClN2O5S. The Morgan fingerprint density at radius 3 is 2.37 bits per heavy atom. The number of rotatable bonds is 15. The van der Waals surface area contributed by atoms with Crippen LogP contribution in [0.5, 0.6) is 11.5 Å². The first-order valence-electron chi connectivity index (χ1n) is 11.6. The fourth-order valence-electron chi connectivity index (χ4n) is 3.58. The van der Waals surface area contributed by atoms with E-state index in [0.29, 0.717) is 50.6 Å². The second-order valence-corrected chi connectivity index (χ2v) is 10.2. The number of thiophene rings is 1. The van der Waals surface area contributed by atoms with Gasteiger partial charge in [-0.15, -0.1) is 22.9 Å². The molecule has 0 saturated heterocycles. The average molecular weight is 525 g/mol. The molecule has 194 valence electrons. The summed E-state index contributed by atoms with van der Waals surface area (Å²) < 4.78 is 15.9. The monoisotopic (exact) mass is 524 g/mol. The van der Waals surface area contributed by atoms with Gasteiger partial charge in [0.05, 0.1) is 32.7 Å². The fourth-order valence-corrected chi connectivity index (χ4v) is 4.42. The molecule has 0 spiro atoms. The number of halogens is 1. The van der Waals surface area contributed by atoms with Gasteiger partial charge < -0.3 is 24.0 Å². The van der Waals surface area contributed by atoms with Crippen molar-refractivity contribution >= 4 is 34.8 Å². The van der Waals surface area contributed by atoms with Gasteiger partial charge >= 0.3 is 0 Å². The highest BCUT2D eigenvalue weighted by Crippen LogP contribution is 2.28. The zero-order valence-corrected chi connectivity index (χ0v) is 22.9. The van der Waals surface area contributed by atoms with Gasteiger partial charge in [-0.3, -0.25) is 9.59 Å². The molecule has 0 aliphatic rings. The first-order valence-corrected chi connectivity index (χ1v) is 13.0. The van der Waals surface area contributed by atoms with Gasteiger partial charge in [0.2, 0.25) is 11.8 Å². The maximum atomic E-state index is 13.5. The quantitative estimate of drug-likeness (QED) is 0.254. The van der Waals surface area contributed by atoms with Crippen LogP contribution >= 0.6 is 22.9 Å². The lowest BCUT2D eigenvalue weighted by molar-refractivity contribution is -0.145. The molecule has 0 saturated carbocycles. The highest BCUT2D eigenvalue weighted by molar-refractivity contribution is 7.09. The van der Waals surface area contributed by atoms with Crippen LogP contribution in [0.4, 0.5) is 0 Å². The molecule has 2 amide bonds. The van der Waals surface area contributed by atoms with E-state index in [0.717, 1.165) is 10.4 Å². The van der Waals surface area contributed by atoms with E-state index in [2.05, 4.69) is 0 Å². The molecule has 2 rings (SSSR count). The van der Waals surface area contributed by atoms with Gasteiger partial charge in [0.1, 0.15) is 0 Å². The number of carbonyl (C=O) groups is 2. The van der Waals surface area contributed by atoms with Crippen molar-refractivity contribution in [3.8, 4) is 11.5 Å². The number of amides is 2. The van der Waals surface area contributed by atoms with Crippen LogP contribution in [0.2, 0.25) is 0 Å². The summed E-state index contributed by atoms with van der Waals surface area (Å²) in [7, 11) is 4.83. The SMILES string of the molecule is COCCCN(CC(=O)N(CCc1ccc(OC)c(OC)c1)Cc1cccs1)C(=O)C(C)(C)CCl. The van der Waals surface area contributed by atoms with E-state index in [-0.39, 0.29) is 24.2 Å². The molecular weight excluding hydrogens is 488 g/mol. The molecule has 2 aromatic rings. The van der Waals surface area contributed by atoms with Crippen LogP contribution in [-0.4, -0.2) is 75.1 Å². The Balaban J connectivity index is 2.19. The summed E-state index contributed by atoms with van der Waals surface area (Å²) in [5.74, 6) is 1.26. The average Bonchev–Trinajstić information content (AvgIpc) is 3.38. The summed E-state index contributed by atoms with van der Waals surface area (Å²) in [6.45, 7) is 5.54. The first-order chi connectivity index (χ1) is 16.7. The summed E-state index contributed by atoms with van der Waals surface area (Å²) in [5, 5.41) is 2.00. The standard InChI is InChI=1S/C26H37ClN2O5S/c1-26(2,19-27)25(31)29(12-7-14-32-3)18-24(30)28(17-21-8-6-15-35-21)13-11-20-9-10-22(33-4)23(16-20)34-5/h6,8-10,15-16H,7,11-14,17-19H2,1-5H3. The molecule has 1 aromatic heterocycles. The van der Waals surface area contributed by atoms with E-state index in [9.17, 15) is 9.59 Å². The molecule has 0 fully saturated rings. The topological polar surface area (TPSA) is 68.3 Å². The summed E-state index contributed by atoms with van der Waals surface area (Å²) in [6.07, 6.45) is 1.28. The number of methoxy groups -OCH3 is 3. The molecule has 0 N–H and O–H groups in total. The Labute approximate surface area is 217 Å². The van der Waals surface area contributed by atoms with Crippen molar-refractivity contribution in [3.05, 3.63) is 46.2 Å². The Hall–Kier alpha value is -2.29. The van der Waals surface area contributed by atoms with E-state index >= 15 is 0 Å². The Kier molecular flexibility index (Phi) is 11.8. The van der Waals surface area contributed by atoms with Gasteiger partial charge in [0.15, 0.2) is 11.5 Å². The molecule has 1 aromatic carbocycles. The molecule has 0 bridgehead atoms. The molecule has 0 aliphatic carbocycles. The summed E-state index contributed by atoms with van der Waals surface area (Å²) in [6, 6.07) is 9.75. The highest BCUT2D eigenvalue weighted by Gasteiger charge is 2.33. The summed E-state index contributed by atoms with van der Waals surface area (Å²) >= 11 is 7.67. The van der Waals surface area contributed by atoms with E-state index < -0.39 is 5.41 Å². The number of benzene rings is 1. The van der Waals surface area contributed by atoms with Crippen molar-refractivity contribution in [2.45, 2.75) is 33.2 Å². The van der Waals surface area contributed by atoms with Gasteiger partial charge in [-0.1, -0.05) is 12.1 Å². The largest absolute Gasteiger partial charge is 0.493 e.